The minimum Gasteiger partial charge on any atom is -0.508 e. The van der Waals surface area contributed by atoms with Crippen LogP contribution in [-0.2, 0) is 6.54 Å². The zero-order valence-electron chi connectivity index (χ0n) is 10.7. The normalized spacial score (nSPS) is 10.7. The van der Waals surface area contributed by atoms with Crippen LogP contribution in [-0.4, -0.2) is 20.3 Å². The van der Waals surface area contributed by atoms with Gasteiger partial charge in [0.05, 0.1) is 0 Å². The molecule has 0 spiro atoms. The number of nitrogens with two attached hydrogens (primary N) is 1. The SMILES string of the molecule is NCc1ccc(-c2nc(-c3ccc(O)cc3)n[nH]2)cc1. The fraction of sp³-hybridized carbons (Fsp3) is 0.0667. The Kier molecular flexibility index (Phi) is 3.18. The van der Waals surface area contributed by atoms with Crippen molar-refractivity contribution < 1.29 is 5.11 Å². The lowest BCUT2D eigenvalue weighted by Gasteiger charge is -1.98. The van der Waals surface area contributed by atoms with Gasteiger partial charge < -0.3 is 10.8 Å². The Morgan fingerprint density at radius 3 is 2.25 bits per heavy atom. The van der Waals surface area contributed by atoms with Gasteiger partial charge >= 0.3 is 0 Å². The zero-order valence-corrected chi connectivity index (χ0v) is 10.7. The second-order valence-electron chi connectivity index (χ2n) is 4.46. The lowest BCUT2D eigenvalue weighted by atomic mass is 10.1. The number of hydrogen-bond donors (Lipinski definition) is 3. The van der Waals surface area contributed by atoms with Gasteiger partial charge in [-0.2, -0.15) is 5.10 Å². The molecule has 0 bridgehead atoms. The summed E-state index contributed by atoms with van der Waals surface area (Å²) in [7, 11) is 0. The molecule has 0 amide bonds. The maximum Gasteiger partial charge on any atom is 0.181 e. The molecule has 0 unspecified atom stereocenters. The number of H-pyrrole nitrogens is 1. The molecule has 2 aromatic carbocycles. The van der Waals surface area contributed by atoms with Crippen molar-refractivity contribution in [1.29, 1.82) is 0 Å². The quantitative estimate of drug-likeness (QED) is 0.678. The minimum atomic E-state index is 0.224. The number of hydrogen-bond acceptors (Lipinski definition) is 4. The Morgan fingerprint density at radius 2 is 1.60 bits per heavy atom. The summed E-state index contributed by atoms with van der Waals surface area (Å²) in [5, 5.41) is 16.4. The van der Waals surface area contributed by atoms with Gasteiger partial charge in [-0.25, -0.2) is 4.98 Å². The van der Waals surface area contributed by atoms with Gasteiger partial charge in [0, 0.05) is 17.7 Å². The molecule has 5 nitrogen and oxygen atoms in total. The molecule has 0 saturated carbocycles. The lowest BCUT2D eigenvalue weighted by molar-refractivity contribution is 0.475. The van der Waals surface area contributed by atoms with E-state index < -0.39 is 0 Å². The first-order valence-electron chi connectivity index (χ1n) is 6.27. The van der Waals surface area contributed by atoms with Crippen LogP contribution in [0.15, 0.2) is 48.5 Å². The highest BCUT2D eigenvalue weighted by Gasteiger charge is 2.07. The Labute approximate surface area is 116 Å². The van der Waals surface area contributed by atoms with Crippen LogP contribution in [0.2, 0.25) is 0 Å². The third-order valence-electron chi connectivity index (χ3n) is 3.07. The number of benzene rings is 2. The number of aromatic amines is 1. The Hall–Kier alpha value is -2.66. The predicted octanol–water partition coefficient (Wildman–Crippen LogP) is 2.30. The molecule has 3 rings (SSSR count). The number of aromatic nitrogens is 3. The summed E-state index contributed by atoms with van der Waals surface area (Å²) >= 11 is 0. The molecule has 3 aromatic rings. The first-order valence-corrected chi connectivity index (χ1v) is 6.27. The van der Waals surface area contributed by atoms with Crippen molar-refractivity contribution >= 4 is 0 Å². The fourth-order valence-electron chi connectivity index (χ4n) is 1.93. The summed E-state index contributed by atoms with van der Waals surface area (Å²) in [5.74, 6) is 1.53. The topological polar surface area (TPSA) is 87.8 Å². The summed E-state index contributed by atoms with van der Waals surface area (Å²) in [6, 6.07) is 14.6. The molecule has 5 heteroatoms. The van der Waals surface area contributed by atoms with Crippen molar-refractivity contribution in [2.24, 2.45) is 5.73 Å². The molecule has 20 heavy (non-hydrogen) atoms. The molecule has 100 valence electrons. The molecule has 0 aliphatic heterocycles. The smallest absolute Gasteiger partial charge is 0.181 e. The number of phenolic OH excluding ortho intramolecular Hbond substituents is 1. The Balaban J connectivity index is 1.91. The van der Waals surface area contributed by atoms with Crippen LogP contribution in [0.3, 0.4) is 0 Å². The number of nitrogens with zero attached hydrogens (tertiary/aromatic N) is 2. The maximum atomic E-state index is 9.28. The summed E-state index contributed by atoms with van der Waals surface area (Å²) in [6.45, 7) is 0.523. The van der Waals surface area contributed by atoms with E-state index in [1.165, 1.54) is 0 Å². The molecule has 4 N–H and O–H groups in total. The standard InChI is InChI=1S/C15H14N4O/c16-9-10-1-3-11(4-2-10)14-17-15(19-18-14)12-5-7-13(20)8-6-12/h1-8,20H,9,16H2,(H,17,18,19). The van der Waals surface area contributed by atoms with E-state index in [4.69, 9.17) is 5.73 Å². The highest BCUT2D eigenvalue weighted by atomic mass is 16.3. The summed E-state index contributed by atoms with van der Waals surface area (Å²) in [5.41, 5.74) is 8.46. The highest BCUT2D eigenvalue weighted by Crippen LogP contribution is 2.21. The number of phenols is 1. The monoisotopic (exact) mass is 266 g/mol. The van der Waals surface area contributed by atoms with E-state index >= 15 is 0 Å². The van der Waals surface area contributed by atoms with Gasteiger partial charge in [0.2, 0.25) is 0 Å². The average molecular weight is 266 g/mol. The summed E-state index contributed by atoms with van der Waals surface area (Å²) in [4.78, 5) is 4.46. The molecule has 0 atom stereocenters. The Bertz CT molecular complexity index is 701. The second-order valence-corrected chi connectivity index (χ2v) is 4.46. The molecule has 0 aliphatic carbocycles. The molecule has 1 aromatic heterocycles. The molecule has 1 heterocycles. The largest absolute Gasteiger partial charge is 0.508 e. The third kappa shape index (κ3) is 2.39. The van der Waals surface area contributed by atoms with E-state index in [0.717, 1.165) is 16.7 Å². The first-order chi connectivity index (χ1) is 9.76. The van der Waals surface area contributed by atoms with Crippen LogP contribution in [0.4, 0.5) is 0 Å². The van der Waals surface area contributed by atoms with Crippen molar-refractivity contribution in [2.45, 2.75) is 6.54 Å². The Morgan fingerprint density at radius 1 is 0.950 bits per heavy atom. The average Bonchev–Trinajstić information content (AvgIpc) is 2.98. The molecule has 0 aliphatic rings. The maximum absolute atomic E-state index is 9.28. The molecule has 0 saturated heterocycles. The summed E-state index contributed by atoms with van der Waals surface area (Å²) < 4.78 is 0. The molecule has 0 fully saturated rings. The second kappa shape index (κ2) is 5.14. The van der Waals surface area contributed by atoms with Gasteiger partial charge in [-0.1, -0.05) is 24.3 Å². The van der Waals surface area contributed by atoms with E-state index in [0.29, 0.717) is 18.2 Å². The van der Waals surface area contributed by atoms with Gasteiger partial charge in [-0.3, -0.25) is 5.10 Å². The fourth-order valence-corrected chi connectivity index (χ4v) is 1.93. The van der Waals surface area contributed by atoms with Gasteiger partial charge in [-0.15, -0.1) is 0 Å². The van der Waals surface area contributed by atoms with Crippen LogP contribution < -0.4 is 5.73 Å². The van der Waals surface area contributed by atoms with E-state index in [1.807, 2.05) is 24.3 Å². The van der Waals surface area contributed by atoms with Crippen LogP contribution in [0.1, 0.15) is 5.56 Å². The van der Waals surface area contributed by atoms with Crippen LogP contribution in [0.25, 0.3) is 22.8 Å². The van der Waals surface area contributed by atoms with Crippen molar-refractivity contribution in [3.63, 3.8) is 0 Å². The van der Waals surface area contributed by atoms with E-state index in [-0.39, 0.29) is 5.75 Å². The van der Waals surface area contributed by atoms with Crippen LogP contribution >= 0.6 is 0 Å². The van der Waals surface area contributed by atoms with Crippen molar-refractivity contribution in [1.82, 2.24) is 15.2 Å². The van der Waals surface area contributed by atoms with Gasteiger partial charge in [-0.05, 0) is 29.8 Å². The van der Waals surface area contributed by atoms with E-state index in [1.54, 1.807) is 24.3 Å². The van der Waals surface area contributed by atoms with Crippen molar-refractivity contribution in [2.75, 3.05) is 0 Å². The first kappa shape index (κ1) is 12.4. The number of aromatic hydroxyl groups is 1. The third-order valence-corrected chi connectivity index (χ3v) is 3.07. The van der Waals surface area contributed by atoms with Gasteiger partial charge in [0.15, 0.2) is 11.6 Å². The van der Waals surface area contributed by atoms with Crippen molar-refractivity contribution in [3.8, 4) is 28.5 Å². The highest BCUT2D eigenvalue weighted by molar-refractivity contribution is 5.61. The van der Waals surface area contributed by atoms with E-state index in [2.05, 4.69) is 15.2 Å². The summed E-state index contributed by atoms with van der Waals surface area (Å²) in [6.07, 6.45) is 0. The number of rotatable bonds is 3. The number of nitrogens with one attached hydrogen (secondary N) is 1. The van der Waals surface area contributed by atoms with E-state index in [9.17, 15) is 5.11 Å². The zero-order chi connectivity index (χ0) is 13.9. The predicted molar refractivity (Wildman–Crippen MR) is 76.8 cm³/mol. The molecule has 0 radical (unpaired) electrons. The van der Waals surface area contributed by atoms with Crippen LogP contribution in [0, 0.1) is 0 Å². The lowest BCUT2D eigenvalue weighted by Crippen LogP contribution is -1.95. The van der Waals surface area contributed by atoms with Gasteiger partial charge in [0.1, 0.15) is 5.75 Å². The van der Waals surface area contributed by atoms with Crippen molar-refractivity contribution in [3.05, 3.63) is 54.1 Å². The van der Waals surface area contributed by atoms with Crippen LogP contribution in [0.5, 0.6) is 5.75 Å². The van der Waals surface area contributed by atoms with Gasteiger partial charge in [0.25, 0.3) is 0 Å². The molecular formula is C15H14N4O. The molecular weight excluding hydrogens is 252 g/mol. The minimum absolute atomic E-state index is 0.224.